The smallest absolute Gasteiger partial charge is 0.257 e. The van der Waals surface area contributed by atoms with Crippen LogP contribution < -0.4 is 20.1 Å². The van der Waals surface area contributed by atoms with E-state index in [-0.39, 0.29) is 5.91 Å². The largest absolute Gasteiger partial charge is 0.497 e. The van der Waals surface area contributed by atoms with E-state index in [4.69, 9.17) is 9.47 Å². The van der Waals surface area contributed by atoms with E-state index in [0.717, 1.165) is 11.3 Å². The first-order valence-corrected chi connectivity index (χ1v) is 8.43. The molecule has 0 fully saturated rings. The normalized spacial score (nSPS) is 10.2. The Hall–Kier alpha value is -3.54. The lowest BCUT2D eigenvalue weighted by Gasteiger charge is -2.12. The summed E-state index contributed by atoms with van der Waals surface area (Å²) in [6, 6.07) is 16.6. The molecule has 1 aromatic heterocycles. The molecule has 2 N–H and O–H groups in total. The van der Waals surface area contributed by atoms with Gasteiger partial charge in [-0.05, 0) is 42.8 Å². The molecular formula is C21H21N3O3. The van der Waals surface area contributed by atoms with Gasteiger partial charge in [-0.15, -0.1) is 0 Å². The van der Waals surface area contributed by atoms with Gasteiger partial charge in [-0.3, -0.25) is 4.79 Å². The van der Waals surface area contributed by atoms with Crippen LogP contribution in [-0.4, -0.2) is 25.1 Å². The van der Waals surface area contributed by atoms with Gasteiger partial charge in [0, 0.05) is 18.0 Å². The highest BCUT2D eigenvalue weighted by Crippen LogP contribution is 2.29. The summed E-state index contributed by atoms with van der Waals surface area (Å²) in [7, 11) is 3.11. The SMILES string of the molecule is COc1ccc(NC(=O)c2ccc(Nc3ccccc3C)nc2)c(OC)c1. The van der Waals surface area contributed by atoms with Gasteiger partial charge in [0.2, 0.25) is 0 Å². The van der Waals surface area contributed by atoms with Crippen LogP contribution >= 0.6 is 0 Å². The van der Waals surface area contributed by atoms with Gasteiger partial charge in [0.15, 0.2) is 0 Å². The summed E-state index contributed by atoms with van der Waals surface area (Å²) in [4.78, 5) is 16.8. The molecule has 0 spiro atoms. The van der Waals surface area contributed by atoms with E-state index < -0.39 is 0 Å². The van der Waals surface area contributed by atoms with Crippen molar-refractivity contribution in [2.75, 3.05) is 24.9 Å². The van der Waals surface area contributed by atoms with Gasteiger partial charge in [0.25, 0.3) is 5.91 Å². The number of rotatable bonds is 6. The maximum absolute atomic E-state index is 12.5. The van der Waals surface area contributed by atoms with Crippen LogP contribution in [0.1, 0.15) is 15.9 Å². The molecular weight excluding hydrogens is 342 g/mol. The van der Waals surface area contributed by atoms with Crippen molar-refractivity contribution in [2.24, 2.45) is 0 Å². The van der Waals surface area contributed by atoms with Gasteiger partial charge in [-0.25, -0.2) is 4.98 Å². The van der Waals surface area contributed by atoms with Crippen molar-refractivity contribution in [3.8, 4) is 11.5 Å². The number of ether oxygens (including phenoxy) is 2. The number of carbonyl (C=O) groups is 1. The molecule has 2 aromatic carbocycles. The Kier molecular flexibility index (Phi) is 5.56. The lowest BCUT2D eigenvalue weighted by molar-refractivity contribution is 0.102. The predicted molar refractivity (Wildman–Crippen MR) is 106 cm³/mol. The highest BCUT2D eigenvalue weighted by atomic mass is 16.5. The van der Waals surface area contributed by atoms with Crippen LogP contribution in [0, 0.1) is 6.92 Å². The second-order valence-electron chi connectivity index (χ2n) is 5.89. The highest BCUT2D eigenvalue weighted by molar-refractivity contribution is 6.05. The van der Waals surface area contributed by atoms with Crippen molar-refractivity contribution in [1.29, 1.82) is 0 Å². The summed E-state index contributed by atoms with van der Waals surface area (Å²) in [5, 5.41) is 6.07. The molecule has 3 rings (SSSR count). The minimum atomic E-state index is -0.270. The molecule has 1 amide bonds. The van der Waals surface area contributed by atoms with Crippen molar-refractivity contribution in [3.63, 3.8) is 0 Å². The van der Waals surface area contributed by atoms with Crippen LogP contribution in [0.15, 0.2) is 60.8 Å². The Labute approximate surface area is 158 Å². The van der Waals surface area contributed by atoms with Crippen LogP contribution in [0.25, 0.3) is 0 Å². The molecule has 0 aliphatic carbocycles. The summed E-state index contributed by atoms with van der Waals surface area (Å²) < 4.78 is 10.5. The number of pyridine rings is 1. The number of benzene rings is 2. The summed E-state index contributed by atoms with van der Waals surface area (Å²) >= 11 is 0. The van der Waals surface area contributed by atoms with Gasteiger partial charge >= 0.3 is 0 Å². The first kappa shape index (κ1) is 18.3. The second-order valence-corrected chi connectivity index (χ2v) is 5.89. The monoisotopic (exact) mass is 363 g/mol. The molecule has 138 valence electrons. The van der Waals surface area contributed by atoms with Crippen LogP contribution in [-0.2, 0) is 0 Å². The molecule has 0 radical (unpaired) electrons. The number of para-hydroxylation sites is 1. The first-order chi connectivity index (χ1) is 13.1. The number of aryl methyl sites for hydroxylation is 1. The van der Waals surface area contributed by atoms with E-state index >= 15 is 0 Å². The van der Waals surface area contributed by atoms with Gasteiger partial charge in [0.05, 0.1) is 25.5 Å². The van der Waals surface area contributed by atoms with Crippen molar-refractivity contribution < 1.29 is 14.3 Å². The van der Waals surface area contributed by atoms with Crippen LogP contribution in [0.4, 0.5) is 17.2 Å². The molecule has 0 saturated carbocycles. The predicted octanol–water partition coefficient (Wildman–Crippen LogP) is 4.40. The Bertz CT molecular complexity index is 940. The number of methoxy groups -OCH3 is 2. The number of amides is 1. The number of hydrogen-bond acceptors (Lipinski definition) is 5. The molecule has 0 saturated heterocycles. The van der Waals surface area contributed by atoms with Gasteiger partial charge in [-0.1, -0.05) is 18.2 Å². The third kappa shape index (κ3) is 4.36. The number of nitrogens with one attached hydrogen (secondary N) is 2. The number of nitrogens with zero attached hydrogens (tertiary/aromatic N) is 1. The lowest BCUT2D eigenvalue weighted by atomic mass is 10.2. The van der Waals surface area contributed by atoms with Crippen LogP contribution in [0.2, 0.25) is 0 Å². The maximum Gasteiger partial charge on any atom is 0.257 e. The Balaban J connectivity index is 1.72. The van der Waals surface area contributed by atoms with E-state index in [2.05, 4.69) is 15.6 Å². The molecule has 0 aliphatic heterocycles. The third-order valence-corrected chi connectivity index (χ3v) is 4.09. The fourth-order valence-electron chi connectivity index (χ4n) is 2.55. The summed E-state index contributed by atoms with van der Waals surface area (Å²) in [5.41, 5.74) is 3.10. The van der Waals surface area contributed by atoms with Crippen molar-refractivity contribution in [1.82, 2.24) is 4.98 Å². The fourth-order valence-corrected chi connectivity index (χ4v) is 2.55. The van der Waals surface area contributed by atoms with E-state index in [1.165, 1.54) is 13.3 Å². The van der Waals surface area contributed by atoms with Crippen molar-refractivity contribution in [3.05, 3.63) is 71.9 Å². The first-order valence-electron chi connectivity index (χ1n) is 8.43. The number of hydrogen-bond donors (Lipinski definition) is 2. The minimum absolute atomic E-state index is 0.270. The second kappa shape index (κ2) is 8.23. The molecule has 6 heteroatoms. The maximum atomic E-state index is 12.5. The van der Waals surface area contributed by atoms with E-state index in [1.807, 2.05) is 31.2 Å². The number of anilines is 3. The zero-order chi connectivity index (χ0) is 19.2. The van der Waals surface area contributed by atoms with Crippen molar-refractivity contribution >= 4 is 23.1 Å². The average molecular weight is 363 g/mol. The zero-order valence-corrected chi connectivity index (χ0v) is 15.4. The quantitative estimate of drug-likeness (QED) is 0.679. The van der Waals surface area contributed by atoms with E-state index in [9.17, 15) is 4.79 Å². The van der Waals surface area contributed by atoms with E-state index in [1.54, 1.807) is 37.4 Å². The topological polar surface area (TPSA) is 72.5 Å². The molecule has 6 nitrogen and oxygen atoms in total. The molecule has 0 aliphatic rings. The zero-order valence-electron chi connectivity index (χ0n) is 15.4. The summed E-state index contributed by atoms with van der Waals surface area (Å²) in [6.07, 6.45) is 1.53. The third-order valence-electron chi connectivity index (χ3n) is 4.09. The average Bonchev–Trinajstić information content (AvgIpc) is 2.70. The molecule has 1 heterocycles. The molecule has 0 atom stereocenters. The number of aromatic nitrogens is 1. The molecule has 0 bridgehead atoms. The molecule has 0 unspecified atom stereocenters. The highest BCUT2D eigenvalue weighted by Gasteiger charge is 2.11. The molecule has 3 aromatic rings. The van der Waals surface area contributed by atoms with Crippen molar-refractivity contribution in [2.45, 2.75) is 6.92 Å². The van der Waals surface area contributed by atoms with E-state index in [0.29, 0.717) is 28.6 Å². The minimum Gasteiger partial charge on any atom is -0.497 e. The van der Waals surface area contributed by atoms with Crippen LogP contribution in [0.3, 0.4) is 0 Å². The Morgan fingerprint density at radius 3 is 2.44 bits per heavy atom. The summed E-state index contributed by atoms with van der Waals surface area (Å²) in [6.45, 7) is 2.02. The van der Waals surface area contributed by atoms with Gasteiger partial charge in [-0.2, -0.15) is 0 Å². The Morgan fingerprint density at radius 1 is 0.963 bits per heavy atom. The standard InChI is InChI=1S/C21H21N3O3/c1-14-6-4-5-7-17(14)23-20-11-8-15(13-22-20)21(25)24-18-10-9-16(26-2)12-19(18)27-3/h4-13H,1-3H3,(H,22,23)(H,24,25). The Morgan fingerprint density at radius 2 is 1.78 bits per heavy atom. The lowest BCUT2D eigenvalue weighted by Crippen LogP contribution is -2.13. The number of carbonyl (C=O) groups excluding carboxylic acids is 1. The summed E-state index contributed by atoms with van der Waals surface area (Å²) in [5.74, 6) is 1.57. The fraction of sp³-hybridized carbons (Fsp3) is 0.143. The van der Waals surface area contributed by atoms with Crippen LogP contribution in [0.5, 0.6) is 11.5 Å². The van der Waals surface area contributed by atoms with Gasteiger partial charge < -0.3 is 20.1 Å². The van der Waals surface area contributed by atoms with Gasteiger partial charge in [0.1, 0.15) is 17.3 Å². The molecule has 27 heavy (non-hydrogen) atoms.